The molecule has 4 aliphatic rings. The van der Waals surface area contributed by atoms with Gasteiger partial charge in [0.2, 0.25) is 15.9 Å². The summed E-state index contributed by atoms with van der Waals surface area (Å²) in [7, 11) is -3.24. The molecule has 0 bridgehead atoms. The van der Waals surface area contributed by atoms with Crippen LogP contribution in [0, 0.1) is 17.8 Å². The summed E-state index contributed by atoms with van der Waals surface area (Å²) >= 11 is 0. The van der Waals surface area contributed by atoms with Gasteiger partial charge >= 0.3 is 11.9 Å². The van der Waals surface area contributed by atoms with E-state index in [-0.39, 0.29) is 23.5 Å². The Bertz CT molecular complexity index is 1110. The molecule has 1 aromatic carbocycles. The highest BCUT2D eigenvalue weighted by molar-refractivity contribution is 7.93. The summed E-state index contributed by atoms with van der Waals surface area (Å²) in [6, 6.07) is 8.07. The molecule has 1 aliphatic heterocycles. The molecule has 1 unspecified atom stereocenters. The van der Waals surface area contributed by atoms with Crippen molar-refractivity contribution in [1.29, 1.82) is 0 Å². The van der Waals surface area contributed by atoms with Gasteiger partial charge in [-0.15, -0.1) is 0 Å². The molecule has 38 heavy (non-hydrogen) atoms. The molecule has 1 heterocycles. The van der Waals surface area contributed by atoms with E-state index in [0.29, 0.717) is 36.3 Å². The fraction of sp³-hybridized carbons (Fsp3) is 0.704. The highest BCUT2D eigenvalue weighted by Crippen LogP contribution is 2.65. The Morgan fingerprint density at radius 2 is 1.66 bits per heavy atom. The number of alkyl halides is 2. The number of likely N-dealkylation sites (tertiary alicyclic amines) is 1. The summed E-state index contributed by atoms with van der Waals surface area (Å²) in [6.45, 7) is 5.52. The summed E-state index contributed by atoms with van der Waals surface area (Å²) in [5, 5.41) is 14.6. The van der Waals surface area contributed by atoms with Crippen LogP contribution < -0.4 is 4.72 Å². The molecule has 1 saturated heterocycles. The number of sulfonamides is 1. The summed E-state index contributed by atoms with van der Waals surface area (Å²) in [5.74, 6) is -4.33. The van der Waals surface area contributed by atoms with Crippen molar-refractivity contribution in [2.45, 2.75) is 81.3 Å². The van der Waals surface area contributed by atoms with Crippen LogP contribution >= 0.6 is 0 Å². The molecule has 0 spiro atoms. The predicted molar refractivity (Wildman–Crippen MR) is 139 cm³/mol. The van der Waals surface area contributed by atoms with E-state index in [1.54, 1.807) is 0 Å². The van der Waals surface area contributed by atoms with Gasteiger partial charge in [-0.2, -0.15) is 0 Å². The minimum absolute atomic E-state index is 0.0699. The van der Waals surface area contributed by atoms with Gasteiger partial charge in [0, 0.05) is 37.0 Å². The first-order valence-electron chi connectivity index (χ1n) is 13.6. The first-order valence-corrected chi connectivity index (χ1v) is 15.1. The quantitative estimate of drug-likeness (QED) is 0.381. The maximum absolute atomic E-state index is 13.3. The Morgan fingerprint density at radius 1 is 1.05 bits per heavy atom. The number of anilines is 1. The molecule has 11 heteroatoms. The summed E-state index contributed by atoms with van der Waals surface area (Å²) in [6.07, 6.45) is 6.28. The van der Waals surface area contributed by atoms with Crippen LogP contribution in [0.25, 0.3) is 0 Å². The van der Waals surface area contributed by atoms with E-state index in [1.165, 1.54) is 5.56 Å². The van der Waals surface area contributed by atoms with E-state index in [2.05, 4.69) is 28.7 Å². The fourth-order valence-corrected chi connectivity index (χ4v) is 8.02. The lowest BCUT2D eigenvalue weighted by Gasteiger charge is -2.29. The molecule has 0 amide bonds. The maximum atomic E-state index is 13.3. The minimum atomic E-state index is -3.24. The molecule has 3 N–H and O–H groups in total. The smallest absolute Gasteiger partial charge is 0.414 e. The van der Waals surface area contributed by atoms with Gasteiger partial charge in [0.15, 0.2) is 0 Å². The predicted octanol–water partition coefficient (Wildman–Crippen LogP) is 4.56. The number of aliphatic carboxylic acids is 2. The van der Waals surface area contributed by atoms with Crippen LogP contribution in [0.3, 0.4) is 0 Å². The molecular formula is C27H38F2N2O6S. The van der Waals surface area contributed by atoms with Crippen LogP contribution in [0.2, 0.25) is 0 Å². The average molecular weight is 557 g/mol. The van der Waals surface area contributed by atoms with E-state index in [1.807, 2.05) is 12.1 Å². The van der Waals surface area contributed by atoms with E-state index in [4.69, 9.17) is 19.8 Å². The van der Waals surface area contributed by atoms with Crippen LogP contribution in [0.4, 0.5) is 14.5 Å². The number of hydrogen-bond acceptors (Lipinski definition) is 5. The normalized spacial score (nSPS) is 28.6. The molecule has 4 fully saturated rings. The Kier molecular flexibility index (Phi) is 8.37. The minimum Gasteiger partial charge on any atom is -0.473 e. The van der Waals surface area contributed by atoms with Crippen LogP contribution in [0.1, 0.15) is 70.3 Å². The van der Waals surface area contributed by atoms with Crippen molar-refractivity contribution in [2.24, 2.45) is 17.8 Å². The van der Waals surface area contributed by atoms with E-state index >= 15 is 0 Å². The van der Waals surface area contributed by atoms with Gasteiger partial charge in [-0.3, -0.25) is 4.72 Å². The number of piperidine rings is 1. The molecule has 5 rings (SSSR count). The zero-order valence-corrected chi connectivity index (χ0v) is 22.6. The Hall–Kier alpha value is -2.27. The standard InChI is InChI=1S/C25H36F2N2O2S.C2H2O4/c1-2-25(19-6-3-7-20(15-19)28-32(30,31)21-8-9-21)22-16-29(17-23(22)25)14-4-5-18-10-12-24(26,27)13-11-18;3-1(4)2(5)6/h3,6-7,15,18,21-23,28H,2,4-5,8-14,16-17H2,1H3;(H,3,4)(H,5,6)/t22-,23?,25+;/m0./s1. The number of carbonyl (C=O) groups is 2. The van der Waals surface area contributed by atoms with Crippen LogP contribution in [-0.4, -0.2) is 66.3 Å². The third-order valence-corrected chi connectivity index (χ3v) is 10.8. The van der Waals surface area contributed by atoms with E-state index in [0.717, 1.165) is 51.7 Å². The zero-order valence-electron chi connectivity index (χ0n) is 21.7. The lowest BCUT2D eigenvalue weighted by atomic mass is 9.84. The third-order valence-electron chi connectivity index (χ3n) is 8.92. The first kappa shape index (κ1) is 28.7. The second kappa shape index (κ2) is 11.1. The summed E-state index contributed by atoms with van der Waals surface area (Å²) in [4.78, 5) is 20.8. The maximum Gasteiger partial charge on any atom is 0.414 e. The topological polar surface area (TPSA) is 124 Å². The monoisotopic (exact) mass is 556 g/mol. The molecular weight excluding hydrogens is 518 g/mol. The zero-order chi connectivity index (χ0) is 27.7. The second-order valence-corrected chi connectivity index (χ2v) is 13.3. The molecule has 0 radical (unpaired) electrons. The molecule has 8 nitrogen and oxygen atoms in total. The average Bonchev–Trinajstić information content (AvgIpc) is 3.76. The van der Waals surface area contributed by atoms with Gasteiger partial charge in [0.25, 0.3) is 0 Å². The molecule has 3 saturated carbocycles. The van der Waals surface area contributed by atoms with Gasteiger partial charge in [0.05, 0.1) is 5.25 Å². The van der Waals surface area contributed by atoms with Gasteiger partial charge in [-0.05, 0) is 86.9 Å². The number of fused-ring (bicyclic) bond motifs is 1. The molecule has 3 atom stereocenters. The highest BCUT2D eigenvalue weighted by Gasteiger charge is 2.67. The number of carboxylic acid groups (broad SMARTS) is 2. The van der Waals surface area contributed by atoms with E-state index in [9.17, 15) is 17.2 Å². The number of halogens is 2. The summed E-state index contributed by atoms with van der Waals surface area (Å²) < 4.78 is 54.2. The number of carboxylic acids is 2. The fourth-order valence-electron chi connectivity index (χ4n) is 6.65. The largest absolute Gasteiger partial charge is 0.473 e. The number of hydrogen-bond donors (Lipinski definition) is 3. The highest BCUT2D eigenvalue weighted by atomic mass is 32.2. The second-order valence-electron chi connectivity index (χ2n) is 11.3. The molecule has 3 aliphatic carbocycles. The van der Waals surface area contributed by atoms with E-state index < -0.39 is 27.9 Å². The molecule has 212 valence electrons. The van der Waals surface area contributed by atoms with Gasteiger partial charge in [-0.1, -0.05) is 19.1 Å². The van der Waals surface area contributed by atoms with Crippen LogP contribution in [0.5, 0.6) is 0 Å². The Balaban J connectivity index is 0.000000505. The van der Waals surface area contributed by atoms with Crippen molar-refractivity contribution in [3.8, 4) is 0 Å². The van der Waals surface area contributed by atoms with Gasteiger partial charge in [-0.25, -0.2) is 26.8 Å². The Morgan fingerprint density at radius 3 is 2.18 bits per heavy atom. The summed E-state index contributed by atoms with van der Waals surface area (Å²) in [5.41, 5.74) is 2.14. The number of rotatable bonds is 9. The SMILES string of the molecule is CC[C@]1(c2cccc(NS(=O)(=O)C3CC3)c2)C2CN(CCCC3CCC(F)(F)CC3)C[C@@H]21.O=C(O)C(=O)O. The van der Waals surface area contributed by atoms with Crippen LogP contribution in [-0.2, 0) is 25.0 Å². The van der Waals surface area contributed by atoms with Crippen LogP contribution in [0.15, 0.2) is 24.3 Å². The Labute approximate surface area is 222 Å². The van der Waals surface area contributed by atoms with Gasteiger partial charge in [0.1, 0.15) is 0 Å². The third kappa shape index (κ3) is 6.47. The lowest BCUT2D eigenvalue weighted by Crippen LogP contribution is -2.31. The van der Waals surface area contributed by atoms with Crippen molar-refractivity contribution in [3.05, 3.63) is 29.8 Å². The van der Waals surface area contributed by atoms with Crippen molar-refractivity contribution in [2.75, 3.05) is 24.4 Å². The molecule has 1 aromatic rings. The number of nitrogens with one attached hydrogen (secondary N) is 1. The van der Waals surface area contributed by atoms with Gasteiger partial charge < -0.3 is 15.1 Å². The molecule has 0 aromatic heterocycles. The number of benzene rings is 1. The van der Waals surface area contributed by atoms with Crippen molar-refractivity contribution in [3.63, 3.8) is 0 Å². The number of nitrogens with zero attached hydrogens (tertiary/aromatic N) is 1. The van der Waals surface area contributed by atoms with Crippen molar-refractivity contribution >= 4 is 27.6 Å². The van der Waals surface area contributed by atoms with Crippen molar-refractivity contribution in [1.82, 2.24) is 4.90 Å². The lowest BCUT2D eigenvalue weighted by molar-refractivity contribution is -0.159. The first-order chi connectivity index (χ1) is 17.9. The van der Waals surface area contributed by atoms with Crippen molar-refractivity contribution < 1.29 is 37.0 Å².